The minimum absolute atomic E-state index is 0.442. The SMILES string of the molecule is CCCCCCCCCCCCCCCCCC[PH](CC)(CCO)CCCCCCCCCCCCCCCCCC. The van der Waals surface area contributed by atoms with Crippen LogP contribution < -0.4 is 0 Å². The molecule has 256 valence electrons. The van der Waals surface area contributed by atoms with Gasteiger partial charge < -0.3 is 0 Å². The van der Waals surface area contributed by atoms with Crippen LogP contribution in [0.2, 0.25) is 0 Å². The Morgan fingerprint density at radius 2 is 0.500 bits per heavy atom. The smallest absolute Gasteiger partial charge is 0.0654 e. The van der Waals surface area contributed by atoms with Gasteiger partial charge in [-0.2, -0.15) is 0 Å². The number of rotatable bonds is 37. The molecule has 0 aliphatic carbocycles. The van der Waals surface area contributed by atoms with Gasteiger partial charge in [-0.25, -0.2) is 0 Å². The first-order chi connectivity index (χ1) is 20.7. The van der Waals surface area contributed by atoms with Crippen LogP contribution in [0.5, 0.6) is 0 Å². The third-order valence-electron chi connectivity index (χ3n) is 10.5. The van der Waals surface area contributed by atoms with E-state index in [1.807, 2.05) is 0 Å². The van der Waals surface area contributed by atoms with E-state index in [0.717, 1.165) is 0 Å². The molecule has 0 amide bonds. The molecule has 0 saturated carbocycles. The Morgan fingerprint density at radius 1 is 0.286 bits per heavy atom. The van der Waals surface area contributed by atoms with E-state index in [1.54, 1.807) is 0 Å². The standard InChI is InChI=1S/C40H85OP/c1-4-7-9-11-13-15-17-19-21-23-25-27-29-31-33-35-38-42(6-3,40-37-41)39-36-34-32-30-28-26-24-22-20-18-16-14-12-10-8-5-2/h41-42H,4-40H2,1-3H3. The predicted molar refractivity (Wildman–Crippen MR) is 200 cm³/mol. The van der Waals surface area contributed by atoms with Crippen molar-refractivity contribution in [1.29, 1.82) is 0 Å². The molecule has 0 aromatic rings. The molecule has 0 aliphatic rings. The van der Waals surface area contributed by atoms with Gasteiger partial charge in [0.05, 0.1) is 0 Å². The molecule has 0 aromatic carbocycles. The van der Waals surface area contributed by atoms with Crippen molar-refractivity contribution in [2.45, 2.75) is 226 Å². The van der Waals surface area contributed by atoms with E-state index in [-0.39, 0.29) is 0 Å². The molecule has 0 saturated heterocycles. The van der Waals surface area contributed by atoms with Crippen molar-refractivity contribution in [2.24, 2.45) is 0 Å². The molecule has 0 heterocycles. The Balaban J connectivity index is 3.61. The van der Waals surface area contributed by atoms with Crippen LogP contribution >= 0.6 is 7.26 Å². The zero-order valence-corrected chi connectivity index (χ0v) is 31.1. The molecule has 1 N–H and O–H groups in total. The van der Waals surface area contributed by atoms with Gasteiger partial charge in [-0.3, -0.25) is 0 Å². The summed E-state index contributed by atoms with van der Waals surface area (Å²) in [6, 6.07) is 0. The predicted octanol–water partition coefficient (Wildman–Crippen LogP) is 14.3. The fourth-order valence-electron chi connectivity index (χ4n) is 7.24. The molecule has 42 heavy (non-hydrogen) atoms. The van der Waals surface area contributed by atoms with Crippen LogP contribution in [0.3, 0.4) is 0 Å². The minimum Gasteiger partial charge on any atom is -0.0654 e. The van der Waals surface area contributed by atoms with E-state index in [2.05, 4.69) is 20.8 Å². The van der Waals surface area contributed by atoms with E-state index in [4.69, 9.17) is 0 Å². The number of hydrogen-bond donors (Lipinski definition) is 1. The molecule has 0 radical (unpaired) electrons. The van der Waals surface area contributed by atoms with E-state index in [9.17, 15) is 5.11 Å². The van der Waals surface area contributed by atoms with Crippen LogP contribution in [0.1, 0.15) is 226 Å². The van der Waals surface area contributed by atoms with Gasteiger partial charge in [0.25, 0.3) is 0 Å². The fraction of sp³-hybridized carbons (Fsp3) is 1.00. The summed E-state index contributed by atoms with van der Waals surface area (Å²) in [6.07, 6.45) is 52.1. The van der Waals surface area contributed by atoms with Gasteiger partial charge in [0.15, 0.2) is 0 Å². The molecule has 0 unspecified atom stereocenters. The van der Waals surface area contributed by atoms with Gasteiger partial charge in [-0.1, -0.05) is 78.1 Å². The molecule has 0 atom stereocenters. The summed E-state index contributed by atoms with van der Waals surface area (Å²) in [5.41, 5.74) is 0. The van der Waals surface area contributed by atoms with Gasteiger partial charge in [-0.05, 0) is 0 Å². The normalized spacial score (nSPS) is 12.4. The molecule has 0 spiro atoms. The number of unbranched alkanes of at least 4 members (excludes halogenated alkanes) is 30. The number of aliphatic hydroxyl groups is 1. The molecule has 0 fully saturated rings. The van der Waals surface area contributed by atoms with Crippen molar-refractivity contribution in [1.82, 2.24) is 0 Å². The molecule has 0 aliphatic heterocycles. The summed E-state index contributed by atoms with van der Waals surface area (Å²) in [4.78, 5) is 0. The van der Waals surface area contributed by atoms with Gasteiger partial charge in [0.2, 0.25) is 0 Å². The fourth-order valence-corrected chi connectivity index (χ4v) is 11.5. The summed E-state index contributed by atoms with van der Waals surface area (Å²) in [7, 11) is -1.23. The minimum atomic E-state index is -1.23. The van der Waals surface area contributed by atoms with Crippen LogP contribution in [0.25, 0.3) is 0 Å². The maximum atomic E-state index is 9.84. The van der Waals surface area contributed by atoms with Crippen molar-refractivity contribution in [2.75, 3.05) is 31.3 Å². The van der Waals surface area contributed by atoms with Crippen molar-refractivity contribution in [3.05, 3.63) is 0 Å². The maximum absolute atomic E-state index is 9.84. The summed E-state index contributed by atoms with van der Waals surface area (Å²) < 4.78 is 0. The van der Waals surface area contributed by atoms with Crippen molar-refractivity contribution >= 4 is 7.26 Å². The first kappa shape index (κ1) is 42.4. The molecule has 0 rings (SSSR count). The first-order valence-corrected chi connectivity index (χ1v) is 23.2. The summed E-state index contributed by atoms with van der Waals surface area (Å²) >= 11 is 0. The Kier molecular flexibility index (Phi) is 36.2. The summed E-state index contributed by atoms with van der Waals surface area (Å²) in [5.74, 6) is 0. The molecule has 0 aromatic heterocycles. The van der Waals surface area contributed by atoms with Crippen LogP contribution in [-0.2, 0) is 0 Å². The van der Waals surface area contributed by atoms with Crippen LogP contribution in [0.4, 0.5) is 0 Å². The quantitative estimate of drug-likeness (QED) is 0.0546. The Labute approximate surface area is 269 Å². The second-order valence-corrected chi connectivity index (χ2v) is 19.6. The summed E-state index contributed by atoms with van der Waals surface area (Å²) in [6.45, 7) is 7.50. The van der Waals surface area contributed by atoms with E-state index in [1.165, 1.54) is 230 Å². The van der Waals surface area contributed by atoms with Crippen molar-refractivity contribution in [3.63, 3.8) is 0 Å². The number of hydrogen-bond acceptors (Lipinski definition) is 1. The van der Waals surface area contributed by atoms with Crippen LogP contribution in [0.15, 0.2) is 0 Å². The van der Waals surface area contributed by atoms with Crippen LogP contribution in [0, 0.1) is 0 Å². The Bertz CT molecular complexity index is 442. The Hall–Kier alpha value is 0.390. The molecule has 2 heteroatoms. The summed E-state index contributed by atoms with van der Waals surface area (Å²) in [5, 5.41) is 9.84. The topological polar surface area (TPSA) is 20.2 Å². The monoisotopic (exact) mass is 613 g/mol. The average Bonchev–Trinajstić information content (AvgIpc) is 3.00. The van der Waals surface area contributed by atoms with Crippen molar-refractivity contribution in [3.8, 4) is 0 Å². The third-order valence-corrected chi connectivity index (χ3v) is 16.1. The second-order valence-electron chi connectivity index (χ2n) is 14.4. The first-order valence-electron chi connectivity index (χ1n) is 20.4. The van der Waals surface area contributed by atoms with Gasteiger partial charge in [0, 0.05) is 0 Å². The van der Waals surface area contributed by atoms with Gasteiger partial charge >= 0.3 is 192 Å². The Morgan fingerprint density at radius 3 is 0.690 bits per heavy atom. The molecular weight excluding hydrogens is 527 g/mol. The zero-order chi connectivity index (χ0) is 30.7. The van der Waals surface area contributed by atoms with E-state index in [0.29, 0.717) is 6.61 Å². The molecule has 0 bridgehead atoms. The van der Waals surface area contributed by atoms with Gasteiger partial charge in [-0.15, -0.1) is 0 Å². The average molecular weight is 613 g/mol. The van der Waals surface area contributed by atoms with Gasteiger partial charge in [0.1, 0.15) is 0 Å². The van der Waals surface area contributed by atoms with E-state index >= 15 is 0 Å². The van der Waals surface area contributed by atoms with Crippen LogP contribution in [-0.4, -0.2) is 36.4 Å². The number of aliphatic hydroxyl groups excluding tert-OH is 1. The van der Waals surface area contributed by atoms with Crippen molar-refractivity contribution < 1.29 is 5.11 Å². The molecular formula is C40H85OP. The molecule has 1 nitrogen and oxygen atoms in total. The van der Waals surface area contributed by atoms with E-state index < -0.39 is 7.26 Å². The second kappa shape index (κ2) is 35.9. The zero-order valence-electron chi connectivity index (χ0n) is 30.1. The third kappa shape index (κ3) is 30.4.